The van der Waals surface area contributed by atoms with Gasteiger partial charge in [0.1, 0.15) is 11.4 Å². The zero-order valence-corrected chi connectivity index (χ0v) is 18.6. The lowest BCUT2D eigenvalue weighted by Gasteiger charge is -2.24. The van der Waals surface area contributed by atoms with E-state index in [2.05, 4.69) is 11.9 Å². The van der Waals surface area contributed by atoms with E-state index in [1.807, 2.05) is 4.90 Å². The summed E-state index contributed by atoms with van der Waals surface area (Å²) in [6.45, 7) is 4.42. The van der Waals surface area contributed by atoms with Crippen molar-refractivity contribution >= 4 is 34.3 Å². The molecule has 10 heteroatoms. The summed E-state index contributed by atoms with van der Waals surface area (Å²) >= 11 is 0. The van der Waals surface area contributed by atoms with Crippen molar-refractivity contribution in [3.8, 4) is 0 Å². The maximum Gasteiger partial charge on any atom is 0.341 e. The summed E-state index contributed by atoms with van der Waals surface area (Å²) in [4.78, 5) is 49.3. The van der Waals surface area contributed by atoms with Gasteiger partial charge in [0.15, 0.2) is 5.78 Å². The molecule has 1 aromatic carbocycles. The molecule has 1 saturated carbocycles. The maximum atomic E-state index is 15.2. The van der Waals surface area contributed by atoms with Crippen LogP contribution in [0, 0.1) is 11.7 Å². The van der Waals surface area contributed by atoms with E-state index in [0.29, 0.717) is 37.0 Å². The van der Waals surface area contributed by atoms with E-state index < -0.39 is 29.1 Å². The summed E-state index contributed by atoms with van der Waals surface area (Å²) in [6.07, 6.45) is 3.91. The number of anilines is 1. The van der Waals surface area contributed by atoms with Crippen LogP contribution in [0.3, 0.4) is 0 Å². The third-order valence-corrected chi connectivity index (χ3v) is 6.46. The Labute approximate surface area is 194 Å². The number of carboxylic acid groups (broad SMARTS) is 2. The van der Waals surface area contributed by atoms with E-state index in [9.17, 15) is 24.3 Å². The monoisotopic (exact) mass is 471 g/mol. The fourth-order valence-electron chi connectivity index (χ4n) is 4.51. The molecule has 1 atom stereocenters. The van der Waals surface area contributed by atoms with Crippen LogP contribution < -0.4 is 15.6 Å². The number of aliphatic carboxylic acids is 1. The van der Waals surface area contributed by atoms with Gasteiger partial charge in [0.25, 0.3) is 0 Å². The van der Waals surface area contributed by atoms with E-state index in [1.165, 1.54) is 6.20 Å². The fourth-order valence-corrected chi connectivity index (χ4v) is 4.51. The van der Waals surface area contributed by atoms with Crippen molar-refractivity contribution in [2.24, 2.45) is 5.92 Å². The molecule has 9 nitrogen and oxygen atoms in total. The second-order valence-corrected chi connectivity index (χ2v) is 8.84. The van der Waals surface area contributed by atoms with Crippen molar-refractivity contribution in [2.75, 3.05) is 31.1 Å². The molecule has 34 heavy (non-hydrogen) atoms. The Morgan fingerprint density at radius 3 is 2.50 bits per heavy atom. The topological polar surface area (TPSA) is 129 Å². The largest absolute Gasteiger partial charge is 0.480 e. The first-order valence-corrected chi connectivity index (χ1v) is 11.2. The number of pyridine rings is 1. The lowest BCUT2D eigenvalue weighted by Crippen LogP contribution is -2.33. The van der Waals surface area contributed by atoms with Gasteiger partial charge >= 0.3 is 11.9 Å². The molecule has 2 heterocycles. The van der Waals surface area contributed by atoms with Crippen molar-refractivity contribution in [3.63, 3.8) is 0 Å². The smallest absolute Gasteiger partial charge is 0.341 e. The number of rotatable bonds is 8. The number of aromatic carboxylic acids is 1. The van der Waals surface area contributed by atoms with Gasteiger partial charge in [-0.3, -0.25) is 14.4 Å². The van der Waals surface area contributed by atoms with Gasteiger partial charge in [-0.1, -0.05) is 12.2 Å². The maximum absolute atomic E-state index is 15.2. The molecular weight excluding hydrogens is 445 g/mol. The predicted octanol–water partition coefficient (Wildman–Crippen LogP) is 2.19. The van der Waals surface area contributed by atoms with Gasteiger partial charge in [0.05, 0.1) is 24.3 Å². The van der Waals surface area contributed by atoms with Crippen LogP contribution in [0.2, 0.25) is 0 Å². The Morgan fingerprint density at radius 1 is 1.12 bits per heavy atom. The van der Waals surface area contributed by atoms with Crippen LogP contribution in [0.4, 0.5) is 10.1 Å². The third kappa shape index (κ3) is 4.72. The summed E-state index contributed by atoms with van der Waals surface area (Å²) < 4.78 is 17.0. The first kappa shape index (κ1) is 23.6. The zero-order valence-electron chi connectivity index (χ0n) is 18.6. The number of ketones is 1. The predicted molar refractivity (Wildman–Crippen MR) is 123 cm³/mol. The van der Waals surface area contributed by atoms with Crippen LogP contribution >= 0.6 is 0 Å². The van der Waals surface area contributed by atoms with Crippen molar-refractivity contribution in [2.45, 2.75) is 31.7 Å². The molecule has 2 aromatic rings. The number of carboxylic acids is 2. The summed E-state index contributed by atoms with van der Waals surface area (Å²) in [7, 11) is 0. The third-order valence-electron chi connectivity index (χ3n) is 6.46. The van der Waals surface area contributed by atoms with E-state index in [-0.39, 0.29) is 41.6 Å². The Bertz CT molecular complexity index is 1250. The number of nitrogens with zero attached hydrogens (tertiary/aromatic N) is 2. The SMILES string of the molecule is C=C1CCN(c2cc3c(cc2F)c(=O)c(C(=O)O)cn3C2CC2)CCC1C(=O)CNCC(=O)O. The molecule has 1 saturated heterocycles. The number of nitrogens with one attached hydrogen (secondary N) is 1. The highest BCUT2D eigenvalue weighted by molar-refractivity contribution is 5.93. The number of hydrogen-bond acceptors (Lipinski definition) is 6. The van der Waals surface area contributed by atoms with Crippen LogP contribution in [-0.2, 0) is 9.59 Å². The molecule has 1 unspecified atom stereocenters. The van der Waals surface area contributed by atoms with E-state index in [0.717, 1.165) is 18.9 Å². The number of aromatic nitrogens is 1. The molecule has 2 aliphatic rings. The number of Topliss-reactive ketones (excluding diaryl/α,β-unsaturated/α-hetero) is 1. The molecule has 0 bridgehead atoms. The molecule has 0 radical (unpaired) electrons. The summed E-state index contributed by atoms with van der Waals surface area (Å²) in [5, 5.41) is 20.8. The van der Waals surface area contributed by atoms with Gasteiger partial charge in [-0.15, -0.1) is 0 Å². The zero-order chi connectivity index (χ0) is 24.6. The second-order valence-electron chi connectivity index (χ2n) is 8.84. The number of carbonyl (C=O) groups excluding carboxylic acids is 1. The highest BCUT2D eigenvalue weighted by atomic mass is 19.1. The minimum Gasteiger partial charge on any atom is -0.480 e. The van der Waals surface area contributed by atoms with Crippen LogP contribution in [0.1, 0.15) is 42.1 Å². The van der Waals surface area contributed by atoms with E-state index >= 15 is 4.39 Å². The molecule has 180 valence electrons. The normalized spacial score (nSPS) is 18.7. The molecule has 1 aliphatic carbocycles. The molecule has 2 fully saturated rings. The molecule has 4 rings (SSSR count). The quantitative estimate of drug-likeness (QED) is 0.500. The van der Waals surface area contributed by atoms with Gasteiger partial charge < -0.3 is 25.0 Å². The van der Waals surface area contributed by atoms with Crippen LogP contribution in [0.5, 0.6) is 0 Å². The molecule has 0 amide bonds. The Hall–Kier alpha value is -3.53. The number of hydrogen-bond donors (Lipinski definition) is 3. The standard InChI is InChI=1S/C24H26FN3O6/c1-13-4-6-27(7-5-15(13)21(29)10-26-11-22(30)31)20-9-19-16(8-18(20)25)23(32)17(24(33)34)12-28(19)14-2-3-14/h8-9,12,14-15,26H,1-7,10-11H2,(H,30,31)(H,33,34). The lowest BCUT2D eigenvalue weighted by atomic mass is 9.91. The number of benzene rings is 1. The highest BCUT2D eigenvalue weighted by Gasteiger charge is 2.30. The lowest BCUT2D eigenvalue weighted by molar-refractivity contribution is -0.136. The second kappa shape index (κ2) is 9.38. The molecule has 3 N–H and O–H groups in total. The van der Waals surface area contributed by atoms with Gasteiger partial charge in [-0.05, 0) is 37.8 Å². The van der Waals surface area contributed by atoms with Crippen LogP contribution in [-0.4, -0.2) is 58.7 Å². The summed E-state index contributed by atoms with van der Waals surface area (Å²) in [5.41, 5.74) is 0.396. The van der Waals surface area contributed by atoms with Crippen LogP contribution in [0.15, 0.2) is 35.3 Å². The highest BCUT2D eigenvalue weighted by Crippen LogP contribution is 2.38. The average molecular weight is 471 g/mol. The summed E-state index contributed by atoms with van der Waals surface area (Å²) in [6, 6.07) is 2.77. The molecular formula is C24H26FN3O6. The van der Waals surface area contributed by atoms with Gasteiger partial charge in [-0.25, -0.2) is 9.18 Å². The first-order chi connectivity index (χ1) is 16.2. The van der Waals surface area contributed by atoms with Crippen molar-refractivity contribution in [1.82, 2.24) is 9.88 Å². The Morgan fingerprint density at radius 2 is 1.85 bits per heavy atom. The summed E-state index contributed by atoms with van der Waals surface area (Å²) in [5.74, 6) is -3.64. The minimum atomic E-state index is -1.34. The Balaban J connectivity index is 1.62. The number of fused-ring (bicyclic) bond motifs is 1. The average Bonchev–Trinajstić information content (AvgIpc) is 3.62. The minimum absolute atomic E-state index is 0.0323. The van der Waals surface area contributed by atoms with Crippen molar-refractivity contribution in [1.29, 1.82) is 0 Å². The number of carbonyl (C=O) groups is 3. The van der Waals surface area contributed by atoms with Crippen molar-refractivity contribution < 1.29 is 29.0 Å². The van der Waals surface area contributed by atoms with Gasteiger partial charge in [-0.2, -0.15) is 0 Å². The van der Waals surface area contributed by atoms with Crippen LogP contribution in [0.25, 0.3) is 10.9 Å². The van der Waals surface area contributed by atoms with Gasteiger partial charge in [0, 0.05) is 36.6 Å². The number of halogens is 1. The van der Waals surface area contributed by atoms with Gasteiger partial charge in [0.2, 0.25) is 5.43 Å². The molecule has 1 aromatic heterocycles. The molecule has 1 aliphatic heterocycles. The van der Waals surface area contributed by atoms with Crippen molar-refractivity contribution in [3.05, 3.63) is 52.1 Å². The van der Waals surface area contributed by atoms with E-state index in [1.54, 1.807) is 10.6 Å². The Kier molecular flexibility index (Phi) is 6.52. The first-order valence-electron chi connectivity index (χ1n) is 11.2. The van der Waals surface area contributed by atoms with E-state index in [4.69, 9.17) is 5.11 Å². The fraction of sp³-hybridized carbons (Fsp3) is 0.417. The molecule has 0 spiro atoms.